The number of nitrogens with zero attached hydrogens (tertiary/aromatic N) is 1. The molecule has 1 atom stereocenters. The summed E-state index contributed by atoms with van der Waals surface area (Å²) in [7, 11) is 3.28. The van der Waals surface area contributed by atoms with Crippen LogP contribution in [0.25, 0.3) is 5.57 Å². The molecule has 3 rings (SSSR count). The number of nitrogens with one attached hydrogen (secondary N) is 6. The summed E-state index contributed by atoms with van der Waals surface area (Å²) in [5, 5.41) is 27.9. The number of ether oxygens (including phenoxy) is 1. The van der Waals surface area contributed by atoms with Gasteiger partial charge in [-0.1, -0.05) is 6.07 Å². The maximum absolute atomic E-state index is 14.8. The number of benzene rings is 1. The van der Waals surface area contributed by atoms with Gasteiger partial charge in [-0.15, -0.1) is 0 Å². The Morgan fingerprint density at radius 3 is 2.78 bits per heavy atom. The first-order valence-electron chi connectivity index (χ1n) is 10.5. The Morgan fingerprint density at radius 1 is 1.34 bits per heavy atom. The first-order chi connectivity index (χ1) is 15.5. The molecule has 0 spiro atoms. The number of hydrogen-bond acceptors (Lipinski definition) is 6. The third-order valence-electron chi connectivity index (χ3n) is 5.47. The first kappa shape index (κ1) is 23.3. The van der Waals surface area contributed by atoms with Crippen molar-refractivity contribution in [2.24, 2.45) is 0 Å². The topological polar surface area (TPSA) is 125 Å². The number of allylic oxidation sites excluding steroid dienone is 1. The van der Waals surface area contributed by atoms with Crippen LogP contribution in [0.2, 0.25) is 0 Å². The highest BCUT2D eigenvalue weighted by Gasteiger charge is 2.27. The number of urea groups is 1. The molecule has 10 heteroatoms. The molecule has 0 aromatic heterocycles. The van der Waals surface area contributed by atoms with Crippen molar-refractivity contribution in [3.63, 3.8) is 0 Å². The highest BCUT2D eigenvalue weighted by atomic mass is 19.1. The molecule has 1 aromatic carbocycles. The largest absolute Gasteiger partial charge is 0.393 e. The number of amidine groups is 1. The monoisotopic (exact) mass is 443 g/mol. The van der Waals surface area contributed by atoms with Crippen molar-refractivity contribution in [3.05, 3.63) is 47.0 Å². The standard InChI is InChI=1S/C22H30FN7O2/c1-26-11-15(10-24)14-3-4-20(18(23)9-14)29-21(25)17-12-30(22(31)27-2)7-5-19(17)28-16-6-8-32-13-16/h3-4,9-11,16,24,26,28H,5-8,12-13H2,1-2H3,(H2,25,29)(H,27,31)/b15-11+,24-10?. The van der Waals surface area contributed by atoms with Crippen LogP contribution in [0, 0.1) is 16.6 Å². The molecule has 0 bridgehead atoms. The Labute approximate surface area is 187 Å². The lowest BCUT2D eigenvalue weighted by atomic mass is 10.0. The van der Waals surface area contributed by atoms with Gasteiger partial charge in [-0.05, 0) is 24.1 Å². The van der Waals surface area contributed by atoms with E-state index in [0.717, 1.165) is 18.3 Å². The predicted octanol–water partition coefficient (Wildman–Crippen LogP) is 2.10. The zero-order chi connectivity index (χ0) is 23.1. The van der Waals surface area contributed by atoms with Gasteiger partial charge in [0.25, 0.3) is 0 Å². The third-order valence-corrected chi connectivity index (χ3v) is 5.47. The summed E-state index contributed by atoms with van der Waals surface area (Å²) in [6.45, 7) is 2.06. The third kappa shape index (κ3) is 5.44. The van der Waals surface area contributed by atoms with Gasteiger partial charge in [-0.3, -0.25) is 5.41 Å². The number of hydrogen-bond donors (Lipinski definition) is 6. The second-order valence-electron chi connectivity index (χ2n) is 7.62. The van der Waals surface area contributed by atoms with Gasteiger partial charge in [0.05, 0.1) is 24.9 Å². The van der Waals surface area contributed by atoms with E-state index in [9.17, 15) is 9.18 Å². The maximum atomic E-state index is 14.8. The summed E-state index contributed by atoms with van der Waals surface area (Å²) in [6.07, 6.45) is 4.21. The zero-order valence-corrected chi connectivity index (χ0v) is 18.3. The van der Waals surface area contributed by atoms with E-state index >= 15 is 0 Å². The van der Waals surface area contributed by atoms with E-state index in [-0.39, 0.29) is 30.1 Å². The predicted molar refractivity (Wildman–Crippen MR) is 124 cm³/mol. The number of halogens is 1. The fraction of sp³-hybridized carbons (Fsp3) is 0.409. The molecule has 6 N–H and O–H groups in total. The molecule has 1 fully saturated rings. The molecule has 2 aliphatic rings. The molecular weight excluding hydrogens is 413 g/mol. The van der Waals surface area contributed by atoms with Gasteiger partial charge in [0, 0.05) is 62.9 Å². The molecule has 2 heterocycles. The Morgan fingerprint density at radius 2 is 2.16 bits per heavy atom. The maximum Gasteiger partial charge on any atom is 0.317 e. The molecule has 2 aliphatic heterocycles. The summed E-state index contributed by atoms with van der Waals surface area (Å²) in [6, 6.07) is 4.50. The van der Waals surface area contributed by atoms with Gasteiger partial charge in [0.15, 0.2) is 0 Å². The second kappa shape index (κ2) is 10.8. The van der Waals surface area contributed by atoms with Crippen LogP contribution in [0.15, 0.2) is 35.7 Å². The summed E-state index contributed by atoms with van der Waals surface area (Å²) < 4.78 is 20.2. The van der Waals surface area contributed by atoms with Crippen LogP contribution in [-0.2, 0) is 4.74 Å². The lowest BCUT2D eigenvalue weighted by Gasteiger charge is -2.32. The van der Waals surface area contributed by atoms with Crippen molar-refractivity contribution < 1.29 is 13.9 Å². The van der Waals surface area contributed by atoms with E-state index in [4.69, 9.17) is 15.6 Å². The minimum absolute atomic E-state index is 0.0321. The molecular formula is C22H30FN7O2. The lowest BCUT2D eigenvalue weighted by molar-refractivity contribution is 0.189. The van der Waals surface area contributed by atoms with Gasteiger partial charge in [0.1, 0.15) is 11.7 Å². The molecule has 1 aromatic rings. The van der Waals surface area contributed by atoms with Crippen LogP contribution >= 0.6 is 0 Å². The number of rotatable bonds is 7. The van der Waals surface area contributed by atoms with Gasteiger partial charge in [0.2, 0.25) is 0 Å². The average molecular weight is 444 g/mol. The van der Waals surface area contributed by atoms with Crippen LogP contribution in [0.4, 0.5) is 14.9 Å². The van der Waals surface area contributed by atoms with Gasteiger partial charge >= 0.3 is 6.03 Å². The molecule has 1 unspecified atom stereocenters. The van der Waals surface area contributed by atoms with E-state index < -0.39 is 5.82 Å². The second-order valence-corrected chi connectivity index (χ2v) is 7.62. The molecule has 9 nitrogen and oxygen atoms in total. The first-order valence-corrected chi connectivity index (χ1v) is 10.5. The Bertz CT molecular complexity index is 938. The van der Waals surface area contributed by atoms with Gasteiger partial charge in [-0.2, -0.15) is 0 Å². The molecule has 172 valence electrons. The molecule has 0 aliphatic carbocycles. The Kier molecular flexibility index (Phi) is 7.82. The summed E-state index contributed by atoms with van der Waals surface area (Å²) in [5.74, 6) is -0.501. The van der Waals surface area contributed by atoms with E-state index in [1.807, 2.05) is 0 Å². The van der Waals surface area contributed by atoms with Crippen LogP contribution in [-0.4, -0.2) is 69.4 Å². The summed E-state index contributed by atoms with van der Waals surface area (Å²) in [5.41, 5.74) is 2.73. The van der Waals surface area contributed by atoms with Crippen molar-refractivity contribution in [3.8, 4) is 0 Å². The highest BCUT2D eigenvalue weighted by molar-refractivity contribution is 6.09. The number of anilines is 1. The molecule has 0 saturated carbocycles. The highest BCUT2D eigenvalue weighted by Crippen LogP contribution is 2.23. The Balaban J connectivity index is 1.83. The fourth-order valence-electron chi connectivity index (χ4n) is 3.75. The minimum atomic E-state index is -0.533. The fourth-order valence-corrected chi connectivity index (χ4v) is 3.75. The Hall–Kier alpha value is -3.40. The number of carbonyl (C=O) groups is 1. The van der Waals surface area contributed by atoms with E-state index in [1.165, 1.54) is 6.07 Å². The van der Waals surface area contributed by atoms with Crippen LogP contribution < -0.4 is 21.3 Å². The van der Waals surface area contributed by atoms with Crippen LogP contribution in [0.1, 0.15) is 18.4 Å². The van der Waals surface area contributed by atoms with Crippen molar-refractivity contribution >= 4 is 29.3 Å². The number of amides is 2. The minimum Gasteiger partial charge on any atom is -0.393 e. The van der Waals surface area contributed by atoms with Gasteiger partial charge in [-0.25, -0.2) is 9.18 Å². The van der Waals surface area contributed by atoms with E-state index in [2.05, 4.69) is 21.3 Å². The average Bonchev–Trinajstić information content (AvgIpc) is 3.31. The number of carbonyl (C=O) groups excluding carboxylic acids is 1. The van der Waals surface area contributed by atoms with Crippen molar-refractivity contribution in [1.82, 2.24) is 20.9 Å². The summed E-state index contributed by atoms with van der Waals surface area (Å²) in [4.78, 5) is 13.8. The molecule has 32 heavy (non-hydrogen) atoms. The normalized spacial score (nSPS) is 18.9. The quantitative estimate of drug-likeness (QED) is 0.284. The zero-order valence-electron chi connectivity index (χ0n) is 18.3. The van der Waals surface area contributed by atoms with Crippen LogP contribution in [0.5, 0.6) is 0 Å². The van der Waals surface area contributed by atoms with E-state index in [0.29, 0.717) is 42.9 Å². The van der Waals surface area contributed by atoms with Crippen molar-refractivity contribution in [1.29, 1.82) is 10.8 Å². The summed E-state index contributed by atoms with van der Waals surface area (Å²) >= 11 is 0. The lowest BCUT2D eigenvalue weighted by Crippen LogP contribution is -2.46. The molecule has 0 radical (unpaired) electrons. The van der Waals surface area contributed by atoms with Crippen molar-refractivity contribution in [2.75, 3.05) is 45.7 Å². The smallest absolute Gasteiger partial charge is 0.317 e. The van der Waals surface area contributed by atoms with E-state index in [1.54, 1.807) is 37.3 Å². The SMILES string of the molecule is CN/C=C(\C=N)c1ccc(NC(=N)C2=C(NC3CCOC3)CCN(C(=O)NC)C2)c(F)c1. The van der Waals surface area contributed by atoms with Crippen LogP contribution in [0.3, 0.4) is 0 Å². The van der Waals surface area contributed by atoms with Gasteiger partial charge < -0.3 is 36.3 Å². The molecule has 1 saturated heterocycles. The van der Waals surface area contributed by atoms with Crippen molar-refractivity contribution in [2.45, 2.75) is 18.9 Å². The molecule has 2 amide bonds.